The van der Waals surface area contributed by atoms with E-state index in [4.69, 9.17) is 4.74 Å². The lowest BCUT2D eigenvalue weighted by Crippen LogP contribution is -2.10. The Morgan fingerprint density at radius 1 is 1.40 bits per heavy atom. The van der Waals surface area contributed by atoms with Crippen molar-refractivity contribution in [1.82, 2.24) is 9.55 Å². The quantitative estimate of drug-likeness (QED) is 0.887. The van der Waals surface area contributed by atoms with Gasteiger partial charge in [-0.05, 0) is 12.1 Å². The van der Waals surface area contributed by atoms with Gasteiger partial charge in [0.25, 0.3) is 6.43 Å². The molecule has 0 atom stereocenters. The van der Waals surface area contributed by atoms with Crippen LogP contribution in [0.25, 0.3) is 0 Å². The minimum absolute atomic E-state index is 0.0551. The van der Waals surface area contributed by atoms with E-state index in [2.05, 4.69) is 10.3 Å². The van der Waals surface area contributed by atoms with Crippen LogP contribution in [0.15, 0.2) is 30.6 Å². The number of rotatable bonds is 6. The maximum atomic E-state index is 13.1. The molecule has 1 N–H and O–H groups in total. The first kappa shape index (κ1) is 14.2. The van der Waals surface area contributed by atoms with Crippen LogP contribution in [0.1, 0.15) is 5.82 Å². The number of alkyl halides is 2. The van der Waals surface area contributed by atoms with Crippen molar-refractivity contribution in [1.29, 1.82) is 0 Å². The zero-order valence-electron chi connectivity index (χ0n) is 10.8. The van der Waals surface area contributed by atoms with Gasteiger partial charge in [0.05, 0.1) is 12.2 Å². The molecule has 0 radical (unpaired) electrons. The third-order valence-electron chi connectivity index (χ3n) is 2.67. The summed E-state index contributed by atoms with van der Waals surface area (Å²) in [6.45, 7) is -0.402. The number of aromatic nitrogens is 2. The number of hydrogen-bond acceptors (Lipinski definition) is 3. The molecule has 0 bridgehead atoms. The first-order valence-corrected chi connectivity index (χ1v) is 5.97. The predicted molar refractivity (Wildman–Crippen MR) is 68.4 cm³/mol. The molecule has 4 nitrogen and oxygen atoms in total. The van der Waals surface area contributed by atoms with Crippen molar-refractivity contribution in [2.75, 3.05) is 11.9 Å². The molecule has 0 spiro atoms. The van der Waals surface area contributed by atoms with Crippen LogP contribution in [0.5, 0.6) is 5.75 Å². The average Bonchev–Trinajstić information content (AvgIpc) is 2.81. The van der Waals surface area contributed by atoms with Gasteiger partial charge < -0.3 is 14.6 Å². The van der Waals surface area contributed by atoms with E-state index in [1.165, 1.54) is 12.1 Å². The smallest absolute Gasteiger partial charge is 0.272 e. The van der Waals surface area contributed by atoms with Gasteiger partial charge >= 0.3 is 0 Å². The highest BCUT2D eigenvalue weighted by Crippen LogP contribution is 2.26. The molecule has 2 rings (SSSR count). The summed E-state index contributed by atoms with van der Waals surface area (Å²) < 4.78 is 44.2. The van der Waals surface area contributed by atoms with Gasteiger partial charge in [-0.15, -0.1) is 0 Å². The van der Waals surface area contributed by atoms with Gasteiger partial charge in [0.1, 0.15) is 24.0 Å². The third kappa shape index (κ3) is 3.66. The van der Waals surface area contributed by atoms with Crippen LogP contribution in [-0.2, 0) is 13.6 Å². The van der Waals surface area contributed by atoms with Crippen LogP contribution in [0.2, 0.25) is 0 Å². The fraction of sp³-hybridized carbons (Fsp3) is 0.308. The van der Waals surface area contributed by atoms with Crippen molar-refractivity contribution >= 4 is 5.69 Å². The minimum Gasteiger partial charge on any atom is -0.485 e. The molecule has 0 amide bonds. The Hall–Kier alpha value is -2.18. The zero-order chi connectivity index (χ0) is 14.5. The fourth-order valence-corrected chi connectivity index (χ4v) is 1.66. The second-order valence-electron chi connectivity index (χ2n) is 4.15. The van der Waals surface area contributed by atoms with Crippen LogP contribution in [0.3, 0.4) is 0 Å². The summed E-state index contributed by atoms with van der Waals surface area (Å²) >= 11 is 0. The highest BCUT2D eigenvalue weighted by atomic mass is 19.3. The van der Waals surface area contributed by atoms with E-state index in [9.17, 15) is 13.2 Å². The summed E-state index contributed by atoms with van der Waals surface area (Å²) in [4.78, 5) is 4.12. The lowest BCUT2D eigenvalue weighted by atomic mass is 10.3. The molecule has 1 heterocycles. The number of halogens is 3. The number of benzene rings is 1. The van der Waals surface area contributed by atoms with E-state index in [1.807, 2.05) is 11.6 Å². The van der Waals surface area contributed by atoms with Crippen molar-refractivity contribution in [3.8, 4) is 5.75 Å². The van der Waals surface area contributed by atoms with E-state index < -0.39 is 18.8 Å². The summed E-state index contributed by atoms with van der Waals surface area (Å²) in [5.41, 5.74) is 0.440. The summed E-state index contributed by atoms with van der Waals surface area (Å²) in [5.74, 6) is 0.269. The molecule has 7 heteroatoms. The molecule has 1 aromatic carbocycles. The molecule has 1 aromatic heterocycles. The lowest BCUT2D eigenvalue weighted by Gasteiger charge is -2.13. The highest BCUT2D eigenvalue weighted by molar-refractivity contribution is 5.56. The molecule has 2 aromatic rings. The Morgan fingerprint density at radius 2 is 2.20 bits per heavy atom. The monoisotopic (exact) mass is 285 g/mol. The largest absolute Gasteiger partial charge is 0.485 e. The van der Waals surface area contributed by atoms with Crippen molar-refractivity contribution in [3.05, 3.63) is 42.2 Å². The third-order valence-corrected chi connectivity index (χ3v) is 2.67. The molecule has 0 fully saturated rings. The number of nitrogens with zero attached hydrogens (tertiary/aromatic N) is 2. The summed E-state index contributed by atoms with van der Waals surface area (Å²) in [6.07, 6.45) is 0.826. The summed E-state index contributed by atoms with van der Waals surface area (Å²) in [5, 5.41) is 2.99. The Balaban J connectivity index is 2.08. The average molecular weight is 285 g/mol. The van der Waals surface area contributed by atoms with Gasteiger partial charge in [0.2, 0.25) is 0 Å². The molecule has 0 aliphatic heterocycles. The molecular formula is C13H14F3N3O. The van der Waals surface area contributed by atoms with Gasteiger partial charge in [0.15, 0.2) is 0 Å². The van der Waals surface area contributed by atoms with E-state index >= 15 is 0 Å². The molecule has 0 unspecified atom stereocenters. The maximum absolute atomic E-state index is 13.1. The van der Waals surface area contributed by atoms with Crippen molar-refractivity contribution in [2.24, 2.45) is 7.05 Å². The Morgan fingerprint density at radius 3 is 2.85 bits per heavy atom. The number of aryl methyl sites for hydroxylation is 1. The minimum atomic E-state index is -2.61. The normalized spacial score (nSPS) is 10.8. The van der Waals surface area contributed by atoms with Crippen LogP contribution >= 0.6 is 0 Å². The summed E-state index contributed by atoms with van der Waals surface area (Å²) in [6, 6.07) is 3.75. The van der Waals surface area contributed by atoms with Crippen LogP contribution in [0, 0.1) is 5.82 Å². The molecule has 0 aliphatic rings. The predicted octanol–water partition coefficient (Wildman–Crippen LogP) is 2.82. The standard InChI is InChI=1S/C13H14F3N3O/c1-19-5-4-17-13(19)7-18-10-3-2-9(14)6-11(10)20-8-12(15)16/h2-6,12,18H,7-8H2,1H3. The molecular weight excluding hydrogens is 271 g/mol. The van der Waals surface area contributed by atoms with E-state index in [0.717, 1.165) is 11.9 Å². The topological polar surface area (TPSA) is 39.1 Å². The van der Waals surface area contributed by atoms with Gasteiger partial charge in [-0.2, -0.15) is 0 Å². The number of anilines is 1. The first-order valence-electron chi connectivity index (χ1n) is 5.97. The SMILES string of the molecule is Cn1ccnc1CNc1ccc(F)cc1OCC(F)F. The van der Waals surface area contributed by atoms with Gasteiger partial charge in [-0.25, -0.2) is 18.2 Å². The number of hydrogen-bond donors (Lipinski definition) is 1. The van der Waals surface area contributed by atoms with Crippen molar-refractivity contribution in [2.45, 2.75) is 13.0 Å². The molecule has 108 valence electrons. The van der Waals surface area contributed by atoms with Gasteiger partial charge in [0, 0.05) is 25.5 Å². The number of nitrogens with one attached hydrogen (secondary N) is 1. The zero-order valence-corrected chi connectivity index (χ0v) is 10.8. The number of ether oxygens (including phenoxy) is 1. The second-order valence-corrected chi connectivity index (χ2v) is 4.15. The Kier molecular flexibility index (Phi) is 4.49. The van der Waals surface area contributed by atoms with Crippen LogP contribution in [-0.4, -0.2) is 22.6 Å². The first-order chi connectivity index (χ1) is 9.56. The highest BCUT2D eigenvalue weighted by Gasteiger charge is 2.10. The number of imidazole rings is 1. The van der Waals surface area contributed by atoms with Gasteiger partial charge in [-0.1, -0.05) is 0 Å². The van der Waals surface area contributed by atoms with Gasteiger partial charge in [-0.3, -0.25) is 0 Å². The lowest BCUT2D eigenvalue weighted by molar-refractivity contribution is 0.0821. The van der Waals surface area contributed by atoms with E-state index in [-0.39, 0.29) is 5.75 Å². The van der Waals surface area contributed by atoms with Crippen molar-refractivity contribution in [3.63, 3.8) is 0 Å². The van der Waals surface area contributed by atoms with Crippen LogP contribution < -0.4 is 10.1 Å². The molecule has 0 saturated heterocycles. The van der Waals surface area contributed by atoms with Crippen LogP contribution in [0.4, 0.5) is 18.9 Å². The molecule has 0 saturated carbocycles. The Labute approximate surface area is 114 Å². The maximum Gasteiger partial charge on any atom is 0.272 e. The van der Waals surface area contributed by atoms with E-state index in [1.54, 1.807) is 12.4 Å². The fourth-order valence-electron chi connectivity index (χ4n) is 1.66. The second kappa shape index (κ2) is 6.31. The van der Waals surface area contributed by atoms with Crippen molar-refractivity contribution < 1.29 is 17.9 Å². The van der Waals surface area contributed by atoms with E-state index in [0.29, 0.717) is 12.2 Å². The molecule has 0 aliphatic carbocycles. The Bertz CT molecular complexity index is 572. The summed E-state index contributed by atoms with van der Waals surface area (Å²) in [7, 11) is 1.84. The molecule has 20 heavy (non-hydrogen) atoms.